The van der Waals surface area contributed by atoms with Gasteiger partial charge in [0.1, 0.15) is 10.6 Å². The average Bonchev–Trinajstić information content (AvgIpc) is 3.30. The molecule has 0 aliphatic carbocycles. The number of Topliss-reactive ketones (excluding diaryl/α,β-unsaturated/α-hetero) is 1. The number of hydrogen-bond acceptors (Lipinski definition) is 7. The van der Waals surface area contributed by atoms with Gasteiger partial charge in [0, 0.05) is 0 Å². The van der Waals surface area contributed by atoms with E-state index in [4.69, 9.17) is 9.47 Å². The molecule has 2 aromatic heterocycles. The number of hydrogen-bond donors (Lipinski definition) is 0. The van der Waals surface area contributed by atoms with Crippen molar-refractivity contribution in [3.05, 3.63) is 58.5 Å². The minimum atomic E-state index is -0.713. The van der Waals surface area contributed by atoms with E-state index in [1.165, 1.54) is 29.3 Å². The Morgan fingerprint density at radius 2 is 1.96 bits per heavy atom. The Labute approximate surface area is 147 Å². The van der Waals surface area contributed by atoms with Gasteiger partial charge in [-0.1, -0.05) is 23.4 Å². The third kappa shape index (κ3) is 3.58. The first-order valence-corrected chi connectivity index (χ1v) is 8.32. The molecule has 2 heterocycles. The summed E-state index contributed by atoms with van der Waals surface area (Å²) in [6, 6.07) is 10.8. The standard InChI is InChI=1S/C17H15N3O4S/c1-11(24-12-6-4-3-5-7-12)15(21)13-10-20(19-18-13)14-8-9-25-16(14)17(22)23-2/h3-11H,1-2H3/t11-/m1/s1. The van der Waals surface area contributed by atoms with Crippen LogP contribution in [0.25, 0.3) is 5.69 Å². The fraction of sp³-hybridized carbons (Fsp3) is 0.176. The highest BCUT2D eigenvalue weighted by atomic mass is 32.1. The third-order valence-corrected chi connectivity index (χ3v) is 4.32. The maximum atomic E-state index is 12.5. The molecule has 0 radical (unpaired) electrons. The van der Waals surface area contributed by atoms with Crippen molar-refractivity contribution in [1.29, 1.82) is 0 Å². The van der Waals surface area contributed by atoms with E-state index in [0.717, 1.165) is 0 Å². The Hall–Kier alpha value is -3.00. The summed E-state index contributed by atoms with van der Waals surface area (Å²) in [5.41, 5.74) is 0.672. The predicted molar refractivity (Wildman–Crippen MR) is 91.4 cm³/mol. The lowest BCUT2D eigenvalue weighted by atomic mass is 10.2. The van der Waals surface area contributed by atoms with Crippen molar-refractivity contribution in [3.63, 3.8) is 0 Å². The number of methoxy groups -OCH3 is 1. The van der Waals surface area contributed by atoms with Crippen LogP contribution in [0.2, 0.25) is 0 Å². The van der Waals surface area contributed by atoms with Crippen LogP contribution >= 0.6 is 11.3 Å². The first-order valence-electron chi connectivity index (χ1n) is 7.44. The van der Waals surface area contributed by atoms with Crippen molar-refractivity contribution in [1.82, 2.24) is 15.0 Å². The Morgan fingerprint density at radius 1 is 1.20 bits per heavy atom. The summed E-state index contributed by atoms with van der Waals surface area (Å²) in [5.74, 6) is -0.166. The van der Waals surface area contributed by atoms with Crippen LogP contribution in [0.15, 0.2) is 48.0 Å². The molecule has 0 bridgehead atoms. The molecule has 1 atom stereocenters. The molecule has 3 aromatic rings. The smallest absolute Gasteiger partial charge is 0.350 e. The van der Waals surface area contributed by atoms with E-state index >= 15 is 0 Å². The molecule has 8 heteroatoms. The van der Waals surface area contributed by atoms with Crippen molar-refractivity contribution >= 4 is 23.1 Å². The molecule has 0 unspecified atom stereocenters. The molecule has 0 saturated heterocycles. The zero-order valence-corrected chi connectivity index (χ0v) is 14.4. The summed E-state index contributed by atoms with van der Waals surface area (Å²) in [4.78, 5) is 24.6. The van der Waals surface area contributed by atoms with Gasteiger partial charge in [-0.2, -0.15) is 0 Å². The van der Waals surface area contributed by atoms with Gasteiger partial charge in [0.2, 0.25) is 5.78 Å². The van der Waals surface area contributed by atoms with E-state index in [9.17, 15) is 9.59 Å². The van der Waals surface area contributed by atoms with Gasteiger partial charge in [0.25, 0.3) is 0 Å². The van der Waals surface area contributed by atoms with Gasteiger partial charge in [-0.3, -0.25) is 4.79 Å². The lowest BCUT2D eigenvalue weighted by Gasteiger charge is -2.11. The maximum Gasteiger partial charge on any atom is 0.350 e. The van der Waals surface area contributed by atoms with E-state index < -0.39 is 12.1 Å². The number of aromatic nitrogens is 3. The van der Waals surface area contributed by atoms with E-state index in [0.29, 0.717) is 16.3 Å². The van der Waals surface area contributed by atoms with Crippen LogP contribution in [0.4, 0.5) is 0 Å². The lowest BCUT2D eigenvalue weighted by molar-refractivity contribution is 0.0606. The van der Waals surface area contributed by atoms with E-state index in [-0.39, 0.29) is 11.5 Å². The van der Waals surface area contributed by atoms with Crippen molar-refractivity contribution in [2.24, 2.45) is 0 Å². The number of rotatable bonds is 6. The minimum Gasteiger partial charge on any atom is -0.483 e. The van der Waals surface area contributed by atoms with Crippen LogP contribution in [0.1, 0.15) is 27.1 Å². The SMILES string of the molecule is COC(=O)c1sccc1-n1cc(C(=O)[C@@H](C)Oc2ccccc2)nn1. The molecule has 0 N–H and O–H groups in total. The van der Waals surface area contributed by atoms with Gasteiger partial charge in [0.15, 0.2) is 11.8 Å². The average molecular weight is 357 g/mol. The molecule has 0 aliphatic rings. The van der Waals surface area contributed by atoms with E-state index in [1.54, 1.807) is 30.5 Å². The number of carbonyl (C=O) groups is 2. The Balaban J connectivity index is 1.78. The summed E-state index contributed by atoms with van der Waals surface area (Å²) in [5, 5.41) is 9.57. The molecular formula is C17H15N3O4S. The van der Waals surface area contributed by atoms with Gasteiger partial charge >= 0.3 is 5.97 Å². The first-order chi connectivity index (χ1) is 12.1. The van der Waals surface area contributed by atoms with Gasteiger partial charge in [-0.05, 0) is 30.5 Å². The van der Waals surface area contributed by atoms with Crippen molar-refractivity contribution in [3.8, 4) is 11.4 Å². The molecule has 0 fully saturated rings. The summed E-state index contributed by atoms with van der Waals surface area (Å²) in [7, 11) is 1.31. The number of nitrogens with zero attached hydrogens (tertiary/aromatic N) is 3. The second-order valence-corrected chi connectivity index (χ2v) is 6.03. The third-order valence-electron chi connectivity index (χ3n) is 3.43. The largest absolute Gasteiger partial charge is 0.483 e. The number of ether oxygens (including phenoxy) is 2. The fourth-order valence-corrected chi connectivity index (χ4v) is 2.98. The number of carbonyl (C=O) groups excluding carboxylic acids is 2. The Bertz CT molecular complexity index is 888. The van der Waals surface area contributed by atoms with Crippen molar-refractivity contribution in [2.45, 2.75) is 13.0 Å². The predicted octanol–water partition coefficient (Wildman–Crippen LogP) is 2.77. The lowest BCUT2D eigenvalue weighted by Crippen LogP contribution is -2.24. The molecular weight excluding hydrogens is 342 g/mol. The molecule has 25 heavy (non-hydrogen) atoms. The fourth-order valence-electron chi connectivity index (χ4n) is 2.19. The maximum absolute atomic E-state index is 12.5. The van der Waals surface area contributed by atoms with Crippen LogP contribution in [0, 0.1) is 0 Å². The normalized spacial score (nSPS) is 11.8. The Kier molecular flexibility index (Phi) is 4.90. The van der Waals surface area contributed by atoms with Gasteiger partial charge in [-0.15, -0.1) is 16.4 Å². The molecule has 0 aliphatic heterocycles. The summed E-state index contributed by atoms with van der Waals surface area (Å²) in [6.07, 6.45) is 0.761. The highest BCUT2D eigenvalue weighted by Crippen LogP contribution is 2.22. The van der Waals surface area contributed by atoms with Crippen molar-refractivity contribution in [2.75, 3.05) is 7.11 Å². The number of ketones is 1. The van der Waals surface area contributed by atoms with Crippen LogP contribution in [-0.4, -0.2) is 40.0 Å². The van der Waals surface area contributed by atoms with E-state index in [2.05, 4.69) is 10.3 Å². The number of para-hydroxylation sites is 1. The minimum absolute atomic E-state index is 0.158. The first kappa shape index (κ1) is 16.8. The second-order valence-electron chi connectivity index (χ2n) is 5.11. The van der Waals surface area contributed by atoms with Gasteiger partial charge in [0.05, 0.1) is 19.0 Å². The molecule has 0 spiro atoms. The van der Waals surface area contributed by atoms with E-state index in [1.807, 2.05) is 18.2 Å². The second kappa shape index (κ2) is 7.27. The number of thiophene rings is 1. The number of benzene rings is 1. The van der Waals surface area contributed by atoms with Crippen LogP contribution < -0.4 is 4.74 Å². The summed E-state index contributed by atoms with van der Waals surface area (Å²) in [6.45, 7) is 1.65. The quantitative estimate of drug-likeness (QED) is 0.498. The van der Waals surface area contributed by atoms with Crippen LogP contribution in [0.3, 0.4) is 0 Å². The zero-order chi connectivity index (χ0) is 17.8. The molecule has 7 nitrogen and oxygen atoms in total. The molecule has 1 aromatic carbocycles. The molecule has 0 saturated carbocycles. The monoisotopic (exact) mass is 357 g/mol. The molecule has 3 rings (SSSR count). The van der Waals surface area contributed by atoms with Crippen molar-refractivity contribution < 1.29 is 19.1 Å². The summed E-state index contributed by atoms with van der Waals surface area (Å²) >= 11 is 1.23. The van der Waals surface area contributed by atoms with Crippen LogP contribution in [0.5, 0.6) is 5.75 Å². The highest BCUT2D eigenvalue weighted by Gasteiger charge is 2.22. The Morgan fingerprint density at radius 3 is 2.68 bits per heavy atom. The van der Waals surface area contributed by atoms with Gasteiger partial charge in [-0.25, -0.2) is 9.48 Å². The zero-order valence-electron chi connectivity index (χ0n) is 13.6. The van der Waals surface area contributed by atoms with Crippen LogP contribution in [-0.2, 0) is 4.74 Å². The summed E-state index contributed by atoms with van der Waals surface area (Å²) < 4.78 is 11.7. The highest BCUT2D eigenvalue weighted by molar-refractivity contribution is 7.12. The number of esters is 1. The topological polar surface area (TPSA) is 83.3 Å². The van der Waals surface area contributed by atoms with Gasteiger partial charge < -0.3 is 9.47 Å². The molecule has 0 amide bonds. The molecule has 128 valence electrons.